The number of para-hydroxylation sites is 2. The number of amides is 2. The summed E-state index contributed by atoms with van der Waals surface area (Å²) < 4.78 is 2.99. The van der Waals surface area contributed by atoms with E-state index in [1.54, 1.807) is 36.6 Å². The lowest BCUT2D eigenvalue weighted by molar-refractivity contribution is -0.116. The third kappa shape index (κ3) is 3.76. The molecule has 0 bridgehead atoms. The average molecular weight is 461 g/mol. The van der Waals surface area contributed by atoms with E-state index >= 15 is 0 Å². The smallest absolute Gasteiger partial charge is 0.329 e. The van der Waals surface area contributed by atoms with Gasteiger partial charge in [0.15, 0.2) is 0 Å². The first-order valence-corrected chi connectivity index (χ1v) is 11.7. The van der Waals surface area contributed by atoms with Crippen molar-refractivity contribution in [2.24, 2.45) is 7.05 Å². The number of carbonyl (C=O) groups excluding carboxylic acids is 2. The fraction of sp³-hybridized carbons (Fsp3) is 0.240. The first kappa shape index (κ1) is 21.2. The standard InChI is InChI=1S/C25H24N4O3S/c1-16-18(24(31)28-12-10-22-17(14-28)11-13-33-22)6-5-7-19(16)26-23(30)15-29-21-9-4-3-8-20(21)27(2)25(29)32/h3-9,11,13H,10,12,14-15H2,1-2H3,(H,26,30). The number of hydrogen-bond donors (Lipinski definition) is 1. The summed E-state index contributed by atoms with van der Waals surface area (Å²) in [6.45, 7) is 3.03. The Labute approximate surface area is 194 Å². The second kappa shape index (κ2) is 8.37. The number of benzene rings is 2. The molecule has 2 amide bonds. The molecule has 7 nitrogen and oxygen atoms in total. The molecular weight excluding hydrogens is 436 g/mol. The van der Waals surface area contributed by atoms with E-state index in [0.717, 1.165) is 17.5 Å². The zero-order valence-electron chi connectivity index (χ0n) is 18.5. The first-order valence-electron chi connectivity index (χ1n) is 10.8. The Hall–Kier alpha value is -3.65. The highest BCUT2D eigenvalue weighted by Crippen LogP contribution is 2.27. The lowest BCUT2D eigenvalue weighted by atomic mass is 10.0. The van der Waals surface area contributed by atoms with Crippen LogP contribution in [0.2, 0.25) is 0 Å². The molecule has 2 aromatic carbocycles. The molecular formula is C25H24N4O3S. The van der Waals surface area contributed by atoms with Crippen molar-refractivity contribution in [1.82, 2.24) is 14.0 Å². The Morgan fingerprint density at radius 1 is 1.06 bits per heavy atom. The van der Waals surface area contributed by atoms with E-state index in [1.807, 2.05) is 36.1 Å². The van der Waals surface area contributed by atoms with Crippen molar-refractivity contribution in [3.05, 3.63) is 86.0 Å². The van der Waals surface area contributed by atoms with Gasteiger partial charge in [0.05, 0.1) is 11.0 Å². The van der Waals surface area contributed by atoms with E-state index in [-0.39, 0.29) is 24.0 Å². The van der Waals surface area contributed by atoms with Gasteiger partial charge < -0.3 is 10.2 Å². The maximum atomic E-state index is 13.2. The number of nitrogens with zero attached hydrogens (tertiary/aromatic N) is 3. The van der Waals surface area contributed by atoms with Crippen molar-refractivity contribution in [2.45, 2.75) is 26.4 Å². The molecule has 0 unspecified atom stereocenters. The molecule has 3 heterocycles. The highest BCUT2D eigenvalue weighted by molar-refractivity contribution is 7.10. The summed E-state index contributed by atoms with van der Waals surface area (Å²) in [6.07, 6.45) is 0.869. The Kier molecular flexibility index (Phi) is 5.38. The van der Waals surface area contributed by atoms with E-state index in [2.05, 4.69) is 16.8 Å². The van der Waals surface area contributed by atoms with E-state index in [9.17, 15) is 14.4 Å². The monoisotopic (exact) mass is 460 g/mol. The average Bonchev–Trinajstić information content (AvgIpc) is 3.38. The lowest BCUT2D eigenvalue weighted by Crippen LogP contribution is -2.35. The number of aryl methyl sites for hydroxylation is 1. The summed E-state index contributed by atoms with van der Waals surface area (Å²) in [5.74, 6) is -0.354. The predicted octanol–water partition coefficient (Wildman–Crippen LogP) is 3.55. The predicted molar refractivity (Wildman–Crippen MR) is 130 cm³/mol. The molecule has 5 rings (SSSR count). The molecule has 0 atom stereocenters. The molecule has 1 aliphatic rings. The molecule has 0 saturated carbocycles. The Morgan fingerprint density at radius 2 is 1.85 bits per heavy atom. The first-order chi connectivity index (χ1) is 15.9. The maximum Gasteiger partial charge on any atom is 0.329 e. The Morgan fingerprint density at radius 3 is 2.67 bits per heavy atom. The molecule has 33 heavy (non-hydrogen) atoms. The van der Waals surface area contributed by atoms with Crippen molar-refractivity contribution in [3.63, 3.8) is 0 Å². The van der Waals surface area contributed by atoms with E-state index in [1.165, 1.54) is 19.6 Å². The molecule has 8 heteroatoms. The van der Waals surface area contributed by atoms with Gasteiger partial charge in [-0.1, -0.05) is 18.2 Å². The second-order valence-electron chi connectivity index (χ2n) is 8.29. The fourth-order valence-electron chi connectivity index (χ4n) is 4.44. The number of anilines is 1. The van der Waals surface area contributed by atoms with Crippen molar-refractivity contribution < 1.29 is 9.59 Å². The normalized spacial score (nSPS) is 13.2. The number of imidazole rings is 1. The van der Waals surface area contributed by atoms with Gasteiger partial charge in [-0.15, -0.1) is 11.3 Å². The molecule has 0 spiro atoms. The summed E-state index contributed by atoms with van der Waals surface area (Å²) in [5.41, 5.74) is 4.32. The number of rotatable bonds is 4. The third-order valence-electron chi connectivity index (χ3n) is 6.29. The quantitative estimate of drug-likeness (QED) is 0.506. The topological polar surface area (TPSA) is 76.3 Å². The number of aromatic nitrogens is 2. The van der Waals surface area contributed by atoms with Crippen LogP contribution in [0, 0.1) is 6.92 Å². The second-order valence-corrected chi connectivity index (χ2v) is 9.29. The molecule has 1 aliphatic heterocycles. The van der Waals surface area contributed by atoms with Crippen LogP contribution in [-0.2, 0) is 31.4 Å². The summed E-state index contributed by atoms with van der Waals surface area (Å²) in [6, 6.07) is 14.8. The largest absolute Gasteiger partial charge is 0.334 e. The summed E-state index contributed by atoms with van der Waals surface area (Å²) in [4.78, 5) is 41.9. The number of thiophene rings is 1. The fourth-order valence-corrected chi connectivity index (χ4v) is 5.33. The Bertz CT molecular complexity index is 1450. The summed E-state index contributed by atoms with van der Waals surface area (Å²) in [5, 5.41) is 4.96. The summed E-state index contributed by atoms with van der Waals surface area (Å²) >= 11 is 1.74. The van der Waals surface area contributed by atoms with Crippen molar-refractivity contribution >= 4 is 39.9 Å². The molecule has 2 aromatic heterocycles. The van der Waals surface area contributed by atoms with Gasteiger partial charge in [-0.3, -0.25) is 18.7 Å². The van der Waals surface area contributed by atoms with Gasteiger partial charge in [-0.25, -0.2) is 4.79 Å². The van der Waals surface area contributed by atoms with E-state index < -0.39 is 0 Å². The highest BCUT2D eigenvalue weighted by Gasteiger charge is 2.24. The SMILES string of the molecule is Cc1c(NC(=O)Cn2c(=O)n(C)c3ccccc32)cccc1C(=O)N1CCc2sccc2C1. The van der Waals surface area contributed by atoms with Crippen LogP contribution in [0.25, 0.3) is 11.0 Å². The van der Waals surface area contributed by atoms with Crippen LogP contribution in [0.15, 0.2) is 58.7 Å². The van der Waals surface area contributed by atoms with Gasteiger partial charge in [-0.05, 0) is 60.2 Å². The molecule has 168 valence electrons. The van der Waals surface area contributed by atoms with Gasteiger partial charge >= 0.3 is 5.69 Å². The number of hydrogen-bond acceptors (Lipinski definition) is 4. The van der Waals surface area contributed by atoms with Gasteiger partial charge in [0, 0.05) is 36.3 Å². The van der Waals surface area contributed by atoms with Crippen LogP contribution in [0.5, 0.6) is 0 Å². The van der Waals surface area contributed by atoms with Crippen molar-refractivity contribution in [3.8, 4) is 0 Å². The minimum absolute atomic E-state index is 0.0364. The number of fused-ring (bicyclic) bond motifs is 2. The zero-order chi connectivity index (χ0) is 23.1. The van der Waals surface area contributed by atoms with Crippen LogP contribution in [0.3, 0.4) is 0 Å². The van der Waals surface area contributed by atoms with Gasteiger partial charge in [0.25, 0.3) is 5.91 Å². The zero-order valence-corrected chi connectivity index (χ0v) is 19.3. The molecule has 1 N–H and O–H groups in total. The molecule has 0 aliphatic carbocycles. The minimum atomic E-state index is -0.318. The molecule has 0 saturated heterocycles. The number of nitrogens with one attached hydrogen (secondary N) is 1. The van der Waals surface area contributed by atoms with Gasteiger partial charge in [0.1, 0.15) is 6.54 Å². The van der Waals surface area contributed by atoms with Crippen molar-refractivity contribution in [2.75, 3.05) is 11.9 Å². The van der Waals surface area contributed by atoms with Crippen LogP contribution in [0.4, 0.5) is 5.69 Å². The summed E-state index contributed by atoms with van der Waals surface area (Å²) in [7, 11) is 1.69. The lowest BCUT2D eigenvalue weighted by Gasteiger charge is -2.28. The van der Waals surface area contributed by atoms with Gasteiger partial charge in [0.2, 0.25) is 5.91 Å². The molecule has 0 fully saturated rings. The Balaban J connectivity index is 1.36. The molecule has 0 radical (unpaired) electrons. The molecule has 4 aromatic rings. The van der Waals surface area contributed by atoms with Gasteiger partial charge in [-0.2, -0.15) is 0 Å². The highest BCUT2D eigenvalue weighted by atomic mass is 32.1. The van der Waals surface area contributed by atoms with Crippen LogP contribution < -0.4 is 11.0 Å². The third-order valence-corrected chi connectivity index (χ3v) is 7.31. The van der Waals surface area contributed by atoms with Crippen molar-refractivity contribution in [1.29, 1.82) is 0 Å². The van der Waals surface area contributed by atoms with Crippen LogP contribution >= 0.6 is 11.3 Å². The maximum absolute atomic E-state index is 13.2. The minimum Gasteiger partial charge on any atom is -0.334 e. The van der Waals surface area contributed by atoms with E-state index in [4.69, 9.17) is 0 Å². The van der Waals surface area contributed by atoms with E-state index in [0.29, 0.717) is 29.9 Å². The van der Waals surface area contributed by atoms with Crippen LogP contribution in [-0.4, -0.2) is 32.4 Å². The van der Waals surface area contributed by atoms with Crippen LogP contribution in [0.1, 0.15) is 26.4 Å². The number of carbonyl (C=O) groups is 2.